The van der Waals surface area contributed by atoms with E-state index >= 15 is 0 Å². The Balaban J connectivity index is 1.74. The smallest absolute Gasteiger partial charge is 0.238 e. The van der Waals surface area contributed by atoms with Crippen LogP contribution in [0.15, 0.2) is 24.3 Å². The maximum atomic E-state index is 12.0. The van der Waals surface area contributed by atoms with Gasteiger partial charge in [-0.1, -0.05) is 0 Å². The summed E-state index contributed by atoms with van der Waals surface area (Å²) in [7, 11) is 0.186. The zero-order valence-electron chi connectivity index (χ0n) is 14.3. The van der Waals surface area contributed by atoms with E-state index in [1.807, 2.05) is 0 Å². The molecule has 25 heavy (non-hydrogen) atoms. The quantitative estimate of drug-likeness (QED) is 0.694. The van der Waals surface area contributed by atoms with Gasteiger partial charge in [0.1, 0.15) is 5.75 Å². The normalized spacial score (nSPS) is 18.8. The number of carbonyl (C=O) groups excluding carboxylic acids is 2. The fraction of sp³-hybridized carbons (Fsp3) is 0.500. The lowest BCUT2D eigenvalue weighted by Gasteiger charge is -2.17. The summed E-state index contributed by atoms with van der Waals surface area (Å²) in [5, 5.41) is 5.43. The van der Waals surface area contributed by atoms with Gasteiger partial charge < -0.3 is 15.4 Å². The molecule has 2 rings (SSSR count). The van der Waals surface area contributed by atoms with Crippen LogP contribution in [0.2, 0.25) is 0 Å². The second kappa shape index (κ2) is 8.30. The number of ether oxygens (including phenoxy) is 1. The molecule has 1 aliphatic heterocycles. The van der Waals surface area contributed by atoms with Crippen molar-refractivity contribution in [3.63, 3.8) is 0 Å². The van der Waals surface area contributed by atoms with Crippen molar-refractivity contribution in [3.8, 4) is 5.75 Å². The molecule has 0 saturated carbocycles. The van der Waals surface area contributed by atoms with Crippen molar-refractivity contribution in [2.75, 3.05) is 44.1 Å². The standard InChI is InChI=1S/C16H23N3O5S/c1-19(10-16(21)18-13-7-8-25(22,23)11-13)9-15(20)17-12-3-5-14(24-2)6-4-12/h3-6,13H,7-11H2,1-2H3,(H,17,20)(H,18,21)/t13-/m1/s1. The van der Waals surface area contributed by atoms with Crippen molar-refractivity contribution in [2.45, 2.75) is 12.5 Å². The zero-order chi connectivity index (χ0) is 18.4. The minimum atomic E-state index is -3.03. The van der Waals surface area contributed by atoms with Gasteiger partial charge in [0, 0.05) is 11.7 Å². The molecular formula is C16H23N3O5S. The number of hydrogen-bond donors (Lipinski definition) is 2. The van der Waals surface area contributed by atoms with E-state index in [1.165, 1.54) is 0 Å². The lowest BCUT2D eigenvalue weighted by molar-refractivity contribution is -0.123. The molecule has 1 fully saturated rings. The maximum absolute atomic E-state index is 12.0. The SMILES string of the molecule is COc1ccc(NC(=O)CN(C)CC(=O)N[C@@H]2CCS(=O)(=O)C2)cc1. The molecule has 9 heteroatoms. The van der Waals surface area contributed by atoms with E-state index in [2.05, 4.69) is 10.6 Å². The second-order valence-electron chi connectivity index (χ2n) is 6.12. The summed E-state index contributed by atoms with van der Waals surface area (Å²) in [6.45, 7) is 0.0645. The first kappa shape index (κ1) is 19.2. The number of nitrogens with one attached hydrogen (secondary N) is 2. The molecule has 0 radical (unpaired) electrons. The highest BCUT2D eigenvalue weighted by molar-refractivity contribution is 7.91. The summed E-state index contributed by atoms with van der Waals surface area (Å²) in [5.41, 5.74) is 0.639. The number of carbonyl (C=O) groups is 2. The number of benzene rings is 1. The van der Waals surface area contributed by atoms with E-state index < -0.39 is 9.84 Å². The molecular weight excluding hydrogens is 346 g/mol. The average molecular weight is 369 g/mol. The predicted octanol–water partition coefficient (Wildman–Crippen LogP) is -0.131. The van der Waals surface area contributed by atoms with E-state index in [1.54, 1.807) is 43.3 Å². The van der Waals surface area contributed by atoms with Crippen LogP contribution in [-0.2, 0) is 19.4 Å². The van der Waals surface area contributed by atoms with Crippen LogP contribution in [0.25, 0.3) is 0 Å². The molecule has 1 heterocycles. The van der Waals surface area contributed by atoms with Crippen molar-refractivity contribution in [2.24, 2.45) is 0 Å². The van der Waals surface area contributed by atoms with Crippen LogP contribution in [0.5, 0.6) is 5.75 Å². The number of likely N-dealkylation sites (N-methyl/N-ethyl adjacent to an activating group) is 1. The Kier molecular flexibility index (Phi) is 6.38. The lowest BCUT2D eigenvalue weighted by atomic mass is 10.2. The summed E-state index contributed by atoms with van der Waals surface area (Å²) in [6.07, 6.45) is 0.440. The number of amides is 2. The molecule has 138 valence electrons. The number of anilines is 1. The van der Waals surface area contributed by atoms with Crippen molar-refractivity contribution in [3.05, 3.63) is 24.3 Å². The highest BCUT2D eigenvalue weighted by Gasteiger charge is 2.29. The molecule has 8 nitrogen and oxygen atoms in total. The van der Waals surface area contributed by atoms with Crippen LogP contribution in [0.1, 0.15) is 6.42 Å². The van der Waals surface area contributed by atoms with Crippen LogP contribution in [0.4, 0.5) is 5.69 Å². The monoisotopic (exact) mass is 369 g/mol. The minimum absolute atomic E-state index is 0.0135. The molecule has 1 aromatic rings. The summed E-state index contributed by atoms with van der Waals surface area (Å²) in [4.78, 5) is 25.5. The van der Waals surface area contributed by atoms with Crippen LogP contribution >= 0.6 is 0 Å². The van der Waals surface area contributed by atoms with E-state index in [0.29, 0.717) is 17.9 Å². The Hall–Kier alpha value is -2.13. The number of hydrogen-bond acceptors (Lipinski definition) is 6. The molecule has 0 bridgehead atoms. The number of methoxy groups -OCH3 is 1. The van der Waals surface area contributed by atoms with Gasteiger partial charge in [-0.25, -0.2) is 8.42 Å². The molecule has 0 aromatic heterocycles. The second-order valence-corrected chi connectivity index (χ2v) is 8.35. The molecule has 1 saturated heterocycles. The van der Waals surface area contributed by atoms with E-state index in [4.69, 9.17) is 4.74 Å². The third kappa shape index (κ3) is 6.35. The molecule has 0 aliphatic carbocycles. The predicted molar refractivity (Wildman–Crippen MR) is 94.3 cm³/mol. The van der Waals surface area contributed by atoms with E-state index in [0.717, 1.165) is 0 Å². The Bertz CT molecular complexity index is 718. The molecule has 2 N–H and O–H groups in total. The lowest BCUT2D eigenvalue weighted by Crippen LogP contribution is -2.43. The molecule has 2 amide bonds. The van der Waals surface area contributed by atoms with Crippen LogP contribution < -0.4 is 15.4 Å². The van der Waals surface area contributed by atoms with Gasteiger partial charge in [0.15, 0.2) is 9.84 Å². The first-order chi connectivity index (χ1) is 11.8. The maximum Gasteiger partial charge on any atom is 0.238 e. The Morgan fingerprint density at radius 2 is 1.84 bits per heavy atom. The van der Waals surface area contributed by atoms with Crippen molar-refractivity contribution >= 4 is 27.3 Å². The summed E-state index contributed by atoms with van der Waals surface area (Å²) >= 11 is 0. The number of nitrogens with zero attached hydrogens (tertiary/aromatic N) is 1. The van der Waals surface area contributed by atoms with Crippen molar-refractivity contribution < 1.29 is 22.7 Å². The van der Waals surface area contributed by atoms with Gasteiger partial charge in [0.05, 0.1) is 31.7 Å². The Morgan fingerprint density at radius 1 is 1.20 bits per heavy atom. The van der Waals surface area contributed by atoms with Crippen LogP contribution in [-0.4, -0.2) is 69.9 Å². The third-order valence-electron chi connectivity index (χ3n) is 3.80. The fourth-order valence-corrected chi connectivity index (χ4v) is 4.28. The van der Waals surface area contributed by atoms with Crippen LogP contribution in [0, 0.1) is 0 Å². The minimum Gasteiger partial charge on any atom is -0.497 e. The number of sulfone groups is 1. The first-order valence-electron chi connectivity index (χ1n) is 7.89. The summed E-state index contributed by atoms with van der Waals surface area (Å²) < 4.78 is 27.8. The van der Waals surface area contributed by atoms with Crippen LogP contribution in [0.3, 0.4) is 0 Å². The first-order valence-corrected chi connectivity index (χ1v) is 9.72. The summed E-state index contributed by atoms with van der Waals surface area (Å²) in [6, 6.07) is 6.60. The zero-order valence-corrected chi connectivity index (χ0v) is 15.1. The highest BCUT2D eigenvalue weighted by atomic mass is 32.2. The van der Waals surface area contributed by atoms with Crippen molar-refractivity contribution in [1.82, 2.24) is 10.2 Å². The number of rotatable bonds is 7. The van der Waals surface area contributed by atoms with E-state index in [9.17, 15) is 18.0 Å². The van der Waals surface area contributed by atoms with Crippen molar-refractivity contribution in [1.29, 1.82) is 0 Å². The Labute approximate surface area is 147 Å². The van der Waals surface area contributed by atoms with Gasteiger partial charge in [-0.05, 0) is 37.7 Å². The molecule has 0 spiro atoms. The van der Waals surface area contributed by atoms with E-state index in [-0.39, 0.29) is 42.5 Å². The topological polar surface area (TPSA) is 105 Å². The van der Waals surface area contributed by atoms with Gasteiger partial charge in [-0.3, -0.25) is 14.5 Å². The fourth-order valence-electron chi connectivity index (χ4n) is 2.60. The third-order valence-corrected chi connectivity index (χ3v) is 5.57. The highest BCUT2D eigenvalue weighted by Crippen LogP contribution is 2.15. The molecule has 0 unspecified atom stereocenters. The average Bonchev–Trinajstić information content (AvgIpc) is 2.86. The molecule has 1 aromatic carbocycles. The van der Waals surface area contributed by atoms with Gasteiger partial charge in [0.25, 0.3) is 0 Å². The molecule has 1 atom stereocenters. The largest absolute Gasteiger partial charge is 0.497 e. The summed E-state index contributed by atoms with van der Waals surface area (Å²) in [5.74, 6) is 0.254. The van der Waals surface area contributed by atoms with Gasteiger partial charge in [0.2, 0.25) is 11.8 Å². The Morgan fingerprint density at radius 3 is 2.40 bits per heavy atom. The van der Waals surface area contributed by atoms with Gasteiger partial charge in [-0.2, -0.15) is 0 Å². The molecule has 1 aliphatic rings. The van der Waals surface area contributed by atoms with Gasteiger partial charge >= 0.3 is 0 Å². The van der Waals surface area contributed by atoms with Gasteiger partial charge in [-0.15, -0.1) is 0 Å².